The van der Waals surface area contributed by atoms with E-state index >= 15 is 0 Å². The molecule has 2 rings (SSSR count). The van der Waals surface area contributed by atoms with Gasteiger partial charge in [-0.05, 0) is 18.2 Å². The summed E-state index contributed by atoms with van der Waals surface area (Å²) in [5.41, 5.74) is 1.13. The summed E-state index contributed by atoms with van der Waals surface area (Å²) in [6, 6.07) is 13.5. The molecule has 21 heavy (non-hydrogen) atoms. The summed E-state index contributed by atoms with van der Waals surface area (Å²) in [6.45, 7) is 0. The number of ether oxygens (including phenoxy) is 2. The molecule has 0 aliphatic carbocycles. The number of hydrogen-bond acceptors (Lipinski definition) is 3. The van der Waals surface area contributed by atoms with Gasteiger partial charge in [0.1, 0.15) is 5.82 Å². The zero-order valence-electron chi connectivity index (χ0n) is 11.8. The highest BCUT2D eigenvalue weighted by Gasteiger charge is 2.11. The highest BCUT2D eigenvalue weighted by atomic mass is 19.1. The fraction of sp³-hybridized carbons (Fsp3) is 0.118. The topological polar surface area (TPSA) is 42.2 Å². The Bertz CT molecular complexity index is 717. The molecule has 0 aromatic heterocycles. The highest BCUT2D eigenvalue weighted by molar-refractivity contribution is 5.91. The molecule has 0 radical (unpaired) electrons. The first-order valence-electron chi connectivity index (χ1n) is 6.29. The first-order valence-corrected chi connectivity index (χ1v) is 6.29. The van der Waals surface area contributed by atoms with Crippen LogP contribution in [0.25, 0.3) is 11.6 Å². The van der Waals surface area contributed by atoms with Crippen LogP contribution in [0.1, 0.15) is 11.1 Å². The van der Waals surface area contributed by atoms with Crippen LogP contribution in [0.3, 0.4) is 0 Å². The van der Waals surface area contributed by atoms with Crippen LogP contribution in [0.5, 0.6) is 11.5 Å². The Hall–Kier alpha value is -2.80. The number of methoxy groups -OCH3 is 2. The van der Waals surface area contributed by atoms with Crippen molar-refractivity contribution in [3.05, 3.63) is 59.4 Å². The van der Waals surface area contributed by atoms with Gasteiger partial charge in [-0.2, -0.15) is 5.26 Å². The summed E-state index contributed by atoms with van der Waals surface area (Å²) in [4.78, 5) is 0. The minimum atomic E-state index is -0.438. The van der Waals surface area contributed by atoms with E-state index in [9.17, 15) is 9.65 Å². The Balaban J connectivity index is 2.57. The minimum absolute atomic E-state index is 0.222. The van der Waals surface area contributed by atoms with Crippen LogP contribution in [0.15, 0.2) is 42.5 Å². The molecule has 0 bridgehead atoms. The summed E-state index contributed by atoms with van der Waals surface area (Å²) < 4.78 is 24.3. The van der Waals surface area contributed by atoms with E-state index in [4.69, 9.17) is 9.47 Å². The third-order valence-corrected chi connectivity index (χ3v) is 3.02. The third kappa shape index (κ3) is 3.03. The molecule has 0 saturated carbocycles. The molecule has 0 atom stereocenters. The van der Waals surface area contributed by atoms with Crippen LogP contribution in [0.4, 0.5) is 4.39 Å². The van der Waals surface area contributed by atoms with Crippen molar-refractivity contribution in [3.63, 3.8) is 0 Å². The molecular formula is C17H14FNO2. The average Bonchev–Trinajstić information content (AvgIpc) is 2.52. The molecule has 0 amide bonds. The highest BCUT2D eigenvalue weighted by Crippen LogP contribution is 2.33. The summed E-state index contributed by atoms with van der Waals surface area (Å²) in [5, 5.41) is 9.30. The molecule has 0 unspecified atom stereocenters. The first-order chi connectivity index (χ1) is 10.2. The van der Waals surface area contributed by atoms with Gasteiger partial charge in [0, 0.05) is 11.1 Å². The average molecular weight is 283 g/mol. The molecule has 0 aliphatic rings. The molecule has 0 N–H and O–H groups in total. The van der Waals surface area contributed by atoms with Crippen molar-refractivity contribution in [2.45, 2.75) is 0 Å². The van der Waals surface area contributed by atoms with Crippen LogP contribution in [-0.4, -0.2) is 14.2 Å². The van der Waals surface area contributed by atoms with Crippen molar-refractivity contribution >= 4 is 11.6 Å². The van der Waals surface area contributed by atoms with Crippen molar-refractivity contribution in [3.8, 4) is 17.6 Å². The number of rotatable bonds is 4. The van der Waals surface area contributed by atoms with Crippen LogP contribution in [0.2, 0.25) is 0 Å². The molecular weight excluding hydrogens is 269 g/mol. The van der Waals surface area contributed by atoms with Gasteiger partial charge >= 0.3 is 0 Å². The van der Waals surface area contributed by atoms with Gasteiger partial charge < -0.3 is 9.47 Å². The summed E-state index contributed by atoms with van der Waals surface area (Å²) in [5.74, 6) is 0.619. The number of allylic oxidation sites excluding steroid dienone is 1. The largest absolute Gasteiger partial charge is 0.493 e. The Morgan fingerprint density at radius 2 is 1.86 bits per heavy atom. The number of para-hydroxylation sites is 1. The SMILES string of the molecule is COc1cccc(/C=C(/C#N)c2ccccc2F)c1OC. The van der Waals surface area contributed by atoms with Crippen LogP contribution in [0, 0.1) is 17.1 Å². The lowest BCUT2D eigenvalue weighted by Crippen LogP contribution is -1.93. The molecule has 106 valence electrons. The van der Waals surface area contributed by atoms with E-state index in [0.29, 0.717) is 17.1 Å². The quantitative estimate of drug-likeness (QED) is 0.631. The lowest BCUT2D eigenvalue weighted by atomic mass is 10.0. The van der Waals surface area contributed by atoms with Crippen molar-refractivity contribution in [2.75, 3.05) is 14.2 Å². The Morgan fingerprint density at radius 3 is 2.48 bits per heavy atom. The fourth-order valence-corrected chi connectivity index (χ4v) is 2.03. The molecule has 4 heteroatoms. The van der Waals surface area contributed by atoms with E-state index in [0.717, 1.165) is 0 Å². The van der Waals surface area contributed by atoms with Crippen molar-refractivity contribution in [1.82, 2.24) is 0 Å². The van der Waals surface area contributed by atoms with E-state index in [1.807, 2.05) is 6.07 Å². The number of benzene rings is 2. The van der Waals surface area contributed by atoms with Crippen molar-refractivity contribution in [1.29, 1.82) is 5.26 Å². The van der Waals surface area contributed by atoms with Gasteiger partial charge in [-0.25, -0.2) is 4.39 Å². The summed E-state index contributed by atoms with van der Waals surface area (Å²) >= 11 is 0. The van der Waals surface area contributed by atoms with Crippen molar-refractivity contribution in [2.24, 2.45) is 0 Å². The first kappa shape index (κ1) is 14.6. The predicted molar refractivity (Wildman–Crippen MR) is 79.4 cm³/mol. The van der Waals surface area contributed by atoms with E-state index in [1.54, 1.807) is 42.5 Å². The maximum atomic E-state index is 13.8. The molecule has 2 aromatic rings. The number of nitriles is 1. The maximum Gasteiger partial charge on any atom is 0.167 e. The molecule has 0 heterocycles. The number of nitrogens with zero attached hydrogens (tertiary/aromatic N) is 1. The lowest BCUT2D eigenvalue weighted by Gasteiger charge is -2.10. The molecule has 2 aromatic carbocycles. The second-order valence-electron chi connectivity index (χ2n) is 4.23. The van der Waals surface area contributed by atoms with Gasteiger partial charge in [0.25, 0.3) is 0 Å². The standard InChI is InChI=1S/C17H14FNO2/c1-20-16-9-5-6-12(17(16)21-2)10-13(11-19)14-7-3-4-8-15(14)18/h3-10H,1-2H3/b13-10-. The molecule has 0 fully saturated rings. The van der Waals surface area contributed by atoms with Gasteiger partial charge in [0.05, 0.1) is 25.9 Å². The number of halogens is 1. The van der Waals surface area contributed by atoms with E-state index < -0.39 is 5.82 Å². The molecule has 0 saturated heterocycles. The summed E-state index contributed by atoms with van der Waals surface area (Å²) in [6.07, 6.45) is 1.58. The van der Waals surface area contributed by atoms with Gasteiger partial charge in [-0.15, -0.1) is 0 Å². The Morgan fingerprint density at radius 1 is 1.10 bits per heavy atom. The third-order valence-electron chi connectivity index (χ3n) is 3.02. The van der Waals surface area contributed by atoms with Crippen LogP contribution >= 0.6 is 0 Å². The molecule has 0 spiro atoms. The van der Waals surface area contributed by atoms with Gasteiger partial charge in [-0.3, -0.25) is 0 Å². The zero-order valence-corrected chi connectivity index (χ0v) is 11.8. The van der Waals surface area contributed by atoms with E-state index in [2.05, 4.69) is 0 Å². The van der Waals surface area contributed by atoms with E-state index in [-0.39, 0.29) is 11.1 Å². The second-order valence-corrected chi connectivity index (χ2v) is 4.23. The maximum absolute atomic E-state index is 13.8. The summed E-state index contributed by atoms with van der Waals surface area (Å²) in [7, 11) is 3.05. The molecule has 0 aliphatic heterocycles. The monoisotopic (exact) mass is 283 g/mol. The van der Waals surface area contributed by atoms with Crippen molar-refractivity contribution < 1.29 is 13.9 Å². The predicted octanol–water partition coefficient (Wildman–Crippen LogP) is 3.91. The number of hydrogen-bond donors (Lipinski definition) is 0. The van der Waals surface area contributed by atoms with Gasteiger partial charge in [-0.1, -0.05) is 30.3 Å². The Kier molecular flexibility index (Phi) is 4.57. The Labute approximate surface area is 122 Å². The smallest absolute Gasteiger partial charge is 0.167 e. The second kappa shape index (κ2) is 6.58. The van der Waals surface area contributed by atoms with Gasteiger partial charge in [0.2, 0.25) is 0 Å². The fourth-order valence-electron chi connectivity index (χ4n) is 2.03. The van der Waals surface area contributed by atoms with E-state index in [1.165, 1.54) is 20.3 Å². The van der Waals surface area contributed by atoms with Crippen LogP contribution < -0.4 is 9.47 Å². The zero-order chi connectivity index (χ0) is 15.2. The van der Waals surface area contributed by atoms with Gasteiger partial charge in [0.15, 0.2) is 11.5 Å². The van der Waals surface area contributed by atoms with Crippen LogP contribution in [-0.2, 0) is 0 Å². The molecule has 3 nitrogen and oxygen atoms in total. The lowest BCUT2D eigenvalue weighted by molar-refractivity contribution is 0.354. The minimum Gasteiger partial charge on any atom is -0.493 e. The normalized spacial score (nSPS) is 10.9.